The van der Waals surface area contributed by atoms with E-state index < -0.39 is 5.97 Å². The number of halogens is 1. The van der Waals surface area contributed by atoms with Crippen molar-refractivity contribution in [2.45, 2.75) is 70.3 Å². The molecule has 0 atom stereocenters. The first kappa shape index (κ1) is 22.3. The van der Waals surface area contributed by atoms with Gasteiger partial charge >= 0.3 is 5.97 Å². The molecule has 0 radical (unpaired) electrons. The summed E-state index contributed by atoms with van der Waals surface area (Å²) in [6, 6.07) is 0.201. The number of thiazole rings is 1. The second kappa shape index (κ2) is 10.5. The van der Waals surface area contributed by atoms with Crippen LogP contribution in [0.3, 0.4) is 0 Å². The van der Waals surface area contributed by atoms with Crippen LogP contribution in [0.1, 0.15) is 77.7 Å². The Labute approximate surface area is 175 Å². The highest BCUT2D eigenvalue weighted by atomic mass is 79.9. The number of piperidine rings is 1. The van der Waals surface area contributed by atoms with Crippen molar-refractivity contribution in [1.82, 2.24) is 15.6 Å². The number of hydrogen-bond donors (Lipinski definition) is 3. The molecule has 2 heterocycles. The van der Waals surface area contributed by atoms with E-state index >= 15 is 0 Å². The molecule has 1 amide bonds. The van der Waals surface area contributed by atoms with Crippen LogP contribution in [0.15, 0.2) is 0 Å². The van der Waals surface area contributed by atoms with Crippen molar-refractivity contribution >= 4 is 40.2 Å². The number of aromatic nitrogens is 1. The van der Waals surface area contributed by atoms with Gasteiger partial charge in [-0.15, -0.1) is 28.3 Å². The van der Waals surface area contributed by atoms with Crippen LogP contribution in [0.2, 0.25) is 0 Å². The zero-order valence-corrected chi connectivity index (χ0v) is 18.4. The highest BCUT2D eigenvalue weighted by Crippen LogP contribution is 2.32. The van der Waals surface area contributed by atoms with Gasteiger partial charge in [-0.3, -0.25) is 9.59 Å². The summed E-state index contributed by atoms with van der Waals surface area (Å²) in [4.78, 5) is 28.8. The second-order valence-corrected chi connectivity index (χ2v) is 8.65. The molecule has 0 aromatic carbocycles. The van der Waals surface area contributed by atoms with Crippen molar-refractivity contribution in [3.8, 4) is 0 Å². The van der Waals surface area contributed by atoms with E-state index in [1.165, 1.54) is 0 Å². The molecule has 0 spiro atoms. The van der Waals surface area contributed by atoms with Gasteiger partial charge in [0.1, 0.15) is 4.88 Å². The monoisotopic (exact) mass is 459 g/mol. The van der Waals surface area contributed by atoms with E-state index in [-0.39, 0.29) is 35.4 Å². The number of aryl methyl sites for hydroxylation is 1. The molecule has 6 nitrogen and oxygen atoms in total. The normalized spacial score (nSPS) is 23.4. The van der Waals surface area contributed by atoms with Gasteiger partial charge in [0.2, 0.25) is 0 Å². The van der Waals surface area contributed by atoms with Crippen molar-refractivity contribution in [2.24, 2.45) is 5.92 Å². The van der Waals surface area contributed by atoms with E-state index in [0.29, 0.717) is 11.8 Å². The summed E-state index contributed by atoms with van der Waals surface area (Å²) in [5, 5.41) is 16.4. The van der Waals surface area contributed by atoms with Crippen molar-refractivity contribution in [3.05, 3.63) is 15.6 Å². The lowest BCUT2D eigenvalue weighted by atomic mass is 9.83. The summed E-state index contributed by atoms with van der Waals surface area (Å²) < 4.78 is 0. The first-order valence-corrected chi connectivity index (χ1v) is 10.5. The van der Waals surface area contributed by atoms with E-state index in [9.17, 15) is 9.59 Å². The Morgan fingerprint density at radius 3 is 2.48 bits per heavy atom. The number of carbonyl (C=O) groups excluding carboxylic acids is 1. The Hall–Kier alpha value is -0.990. The van der Waals surface area contributed by atoms with Gasteiger partial charge in [0.05, 0.1) is 10.7 Å². The van der Waals surface area contributed by atoms with E-state index in [2.05, 4.69) is 15.6 Å². The highest BCUT2D eigenvalue weighted by molar-refractivity contribution is 8.93. The molecular formula is C19H30BrN3O3S. The maximum absolute atomic E-state index is 12.7. The lowest BCUT2D eigenvalue weighted by molar-refractivity contribution is -0.137. The molecule has 8 heteroatoms. The minimum absolute atomic E-state index is 0. The Bertz CT molecular complexity index is 638. The van der Waals surface area contributed by atoms with Crippen LogP contribution in [-0.4, -0.2) is 41.1 Å². The number of hydrogen-bond acceptors (Lipinski definition) is 5. The summed E-state index contributed by atoms with van der Waals surface area (Å²) in [6.45, 7) is 3.98. The van der Waals surface area contributed by atoms with Crippen LogP contribution in [-0.2, 0) is 4.79 Å². The maximum Gasteiger partial charge on any atom is 0.303 e. The summed E-state index contributed by atoms with van der Waals surface area (Å²) >= 11 is 1.56. The largest absolute Gasteiger partial charge is 0.481 e. The van der Waals surface area contributed by atoms with Gasteiger partial charge in [0.25, 0.3) is 5.91 Å². The molecule has 1 saturated carbocycles. The topological polar surface area (TPSA) is 91.3 Å². The third-order valence-electron chi connectivity index (χ3n) is 5.66. The summed E-state index contributed by atoms with van der Waals surface area (Å²) in [5.41, 5.74) is 0.844. The predicted molar refractivity (Wildman–Crippen MR) is 112 cm³/mol. The van der Waals surface area contributed by atoms with Gasteiger partial charge in [0.15, 0.2) is 0 Å². The molecule has 27 heavy (non-hydrogen) atoms. The highest BCUT2D eigenvalue weighted by Gasteiger charge is 2.26. The molecule has 1 aliphatic carbocycles. The minimum atomic E-state index is -0.717. The molecule has 1 aliphatic heterocycles. The smallest absolute Gasteiger partial charge is 0.303 e. The third kappa shape index (κ3) is 6.26. The van der Waals surface area contributed by atoms with Crippen LogP contribution >= 0.6 is 28.3 Å². The Balaban J connectivity index is 0.00000261. The Kier molecular flexibility index (Phi) is 8.69. The number of nitrogens with one attached hydrogen (secondary N) is 2. The molecule has 1 saturated heterocycles. The van der Waals surface area contributed by atoms with Gasteiger partial charge in [0, 0.05) is 18.4 Å². The number of amides is 1. The number of carboxylic acid groups (broad SMARTS) is 1. The molecule has 0 bridgehead atoms. The van der Waals surface area contributed by atoms with Crippen molar-refractivity contribution in [1.29, 1.82) is 0 Å². The first-order chi connectivity index (χ1) is 12.5. The van der Waals surface area contributed by atoms with E-state index in [4.69, 9.17) is 5.11 Å². The standard InChI is InChI=1S/C19H29N3O3S.BrH/c1-12-17(26-19(21-12)14-8-10-20-11-9-14)18(25)22-15-5-2-13(3-6-15)4-7-16(23)24;/h13-15,20H,2-11H2,1H3,(H,22,25)(H,23,24);1H/t13-,15-;. The Morgan fingerprint density at radius 2 is 1.85 bits per heavy atom. The SMILES string of the molecule is Br.Cc1nc(C2CCNCC2)sc1C(=O)N[C@H]1CC[C@H](CCC(=O)O)CC1. The lowest BCUT2D eigenvalue weighted by Crippen LogP contribution is -2.37. The average molecular weight is 460 g/mol. The second-order valence-electron chi connectivity index (χ2n) is 7.61. The Morgan fingerprint density at radius 1 is 1.19 bits per heavy atom. The molecule has 2 fully saturated rings. The van der Waals surface area contributed by atoms with Gasteiger partial charge in [-0.25, -0.2) is 4.98 Å². The number of rotatable bonds is 6. The van der Waals surface area contributed by atoms with Crippen LogP contribution in [0, 0.1) is 12.8 Å². The fraction of sp³-hybridized carbons (Fsp3) is 0.737. The van der Waals surface area contributed by atoms with Crippen LogP contribution in [0.5, 0.6) is 0 Å². The molecule has 0 unspecified atom stereocenters. The number of carbonyl (C=O) groups is 2. The molecule has 152 valence electrons. The summed E-state index contributed by atoms with van der Waals surface area (Å²) in [5.74, 6) is 0.252. The van der Waals surface area contributed by atoms with Crippen LogP contribution < -0.4 is 10.6 Å². The molecule has 1 aromatic rings. The quantitative estimate of drug-likeness (QED) is 0.603. The van der Waals surface area contributed by atoms with Crippen LogP contribution in [0.4, 0.5) is 0 Å². The fourth-order valence-corrected chi connectivity index (χ4v) is 5.18. The van der Waals surface area contributed by atoms with Crippen molar-refractivity contribution in [2.75, 3.05) is 13.1 Å². The fourth-order valence-electron chi connectivity index (χ4n) is 4.05. The number of aliphatic carboxylic acids is 1. The lowest BCUT2D eigenvalue weighted by Gasteiger charge is -2.28. The zero-order valence-electron chi connectivity index (χ0n) is 15.8. The number of nitrogens with zero attached hydrogens (tertiary/aromatic N) is 1. The third-order valence-corrected chi connectivity index (χ3v) is 6.97. The number of carboxylic acids is 1. The van der Waals surface area contributed by atoms with Gasteiger partial charge in [-0.1, -0.05) is 0 Å². The zero-order chi connectivity index (χ0) is 18.5. The average Bonchev–Trinajstić information content (AvgIpc) is 3.04. The van der Waals surface area contributed by atoms with Crippen molar-refractivity contribution in [3.63, 3.8) is 0 Å². The van der Waals surface area contributed by atoms with E-state index in [1.54, 1.807) is 11.3 Å². The van der Waals surface area contributed by atoms with E-state index in [0.717, 1.165) is 73.6 Å². The van der Waals surface area contributed by atoms with Crippen LogP contribution in [0.25, 0.3) is 0 Å². The summed E-state index contributed by atoms with van der Waals surface area (Å²) in [6.07, 6.45) is 7.07. The van der Waals surface area contributed by atoms with Crippen molar-refractivity contribution < 1.29 is 14.7 Å². The maximum atomic E-state index is 12.7. The molecule has 3 rings (SSSR count). The molecule has 1 aromatic heterocycles. The van der Waals surface area contributed by atoms with E-state index in [1.807, 2.05) is 6.92 Å². The molecule has 2 aliphatic rings. The van der Waals surface area contributed by atoms with Gasteiger partial charge in [-0.05, 0) is 70.9 Å². The van der Waals surface area contributed by atoms with Gasteiger partial charge < -0.3 is 15.7 Å². The summed E-state index contributed by atoms with van der Waals surface area (Å²) in [7, 11) is 0. The van der Waals surface area contributed by atoms with Gasteiger partial charge in [-0.2, -0.15) is 0 Å². The predicted octanol–water partition coefficient (Wildman–Crippen LogP) is 3.65. The molecule has 3 N–H and O–H groups in total. The molecular weight excluding hydrogens is 430 g/mol. The minimum Gasteiger partial charge on any atom is -0.481 e. The first-order valence-electron chi connectivity index (χ1n) is 9.73.